The maximum Gasteiger partial charge on any atom is 0.328 e. The molecule has 0 saturated heterocycles. The quantitative estimate of drug-likeness (QED) is 0.727. The first kappa shape index (κ1) is 18.3. The number of aryl methyl sites for hydroxylation is 1. The number of carbonyl (C=O) groups excluding carboxylic acids is 1. The van der Waals surface area contributed by atoms with Gasteiger partial charge >= 0.3 is 5.69 Å². The van der Waals surface area contributed by atoms with Crippen molar-refractivity contribution in [2.24, 2.45) is 0 Å². The van der Waals surface area contributed by atoms with Crippen LogP contribution in [0.4, 0.5) is 10.1 Å². The molecule has 0 aliphatic heterocycles. The maximum atomic E-state index is 13.8. The van der Waals surface area contributed by atoms with Crippen molar-refractivity contribution in [2.75, 3.05) is 5.32 Å². The van der Waals surface area contributed by atoms with Crippen molar-refractivity contribution in [1.82, 2.24) is 9.55 Å². The average molecular weight is 367 g/mol. The number of aromatic nitrogens is 2. The Bertz CT molecular complexity index is 1080. The number of anilines is 1. The van der Waals surface area contributed by atoms with Crippen molar-refractivity contribution in [2.45, 2.75) is 19.9 Å². The van der Waals surface area contributed by atoms with E-state index >= 15 is 0 Å². The van der Waals surface area contributed by atoms with Crippen molar-refractivity contribution >= 4 is 11.6 Å². The summed E-state index contributed by atoms with van der Waals surface area (Å²) in [6, 6.07) is 13.1. The summed E-state index contributed by atoms with van der Waals surface area (Å²) in [5.74, 6) is -1.18. The van der Waals surface area contributed by atoms with Crippen molar-refractivity contribution in [3.63, 3.8) is 0 Å². The van der Waals surface area contributed by atoms with Gasteiger partial charge in [-0.3, -0.25) is 14.2 Å². The second-order valence-electron chi connectivity index (χ2n) is 5.99. The van der Waals surface area contributed by atoms with Crippen LogP contribution in [0.15, 0.2) is 64.3 Å². The lowest BCUT2D eigenvalue weighted by Gasteiger charge is -2.09. The van der Waals surface area contributed by atoms with E-state index in [0.717, 1.165) is 22.7 Å². The minimum atomic E-state index is -0.787. The Balaban J connectivity index is 1.90. The van der Waals surface area contributed by atoms with E-state index in [0.29, 0.717) is 5.69 Å². The van der Waals surface area contributed by atoms with E-state index in [9.17, 15) is 18.8 Å². The van der Waals surface area contributed by atoms with Gasteiger partial charge in [0.2, 0.25) is 0 Å². The lowest BCUT2D eigenvalue weighted by Crippen LogP contribution is -2.39. The van der Waals surface area contributed by atoms with Gasteiger partial charge in [0.1, 0.15) is 11.4 Å². The lowest BCUT2D eigenvalue weighted by molar-refractivity contribution is 0.102. The van der Waals surface area contributed by atoms with E-state index in [1.165, 1.54) is 18.2 Å². The molecule has 0 atom stereocenters. The van der Waals surface area contributed by atoms with Gasteiger partial charge in [0.25, 0.3) is 11.5 Å². The number of carbonyl (C=O) groups is 1. The number of hydrogen-bond donors (Lipinski definition) is 2. The van der Waals surface area contributed by atoms with Crippen molar-refractivity contribution in [3.05, 3.63) is 98.1 Å². The normalized spacial score (nSPS) is 10.6. The van der Waals surface area contributed by atoms with Crippen LogP contribution in [-0.4, -0.2) is 15.5 Å². The summed E-state index contributed by atoms with van der Waals surface area (Å²) in [7, 11) is 0. The van der Waals surface area contributed by atoms with Gasteiger partial charge < -0.3 is 10.3 Å². The molecule has 3 rings (SSSR count). The standard InChI is InChI=1S/C20H18FN3O3/c1-2-13-7-9-15(10-8-13)23-18(25)16-11-22-20(27)24(19(16)26)12-14-5-3-4-6-17(14)21/h3-11H,2,12H2,1H3,(H,22,27)(H,23,25). The Kier molecular flexibility index (Phi) is 5.30. The monoisotopic (exact) mass is 367 g/mol. The van der Waals surface area contributed by atoms with E-state index in [-0.39, 0.29) is 17.7 Å². The third kappa shape index (κ3) is 4.03. The predicted octanol–water partition coefficient (Wildman–Crippen LogP) is 2.54. The van der Waals surface area contributed by atoms with E-state index < -0.39 is 23.0 Å². The van der Waals surface area contributed by atoms with Crippen molar-refractivity contribution in [3.8, 4) is 0 Å². The molecule has 0 aliphatic carbocycles. The summed E-state index contributed by atoms with van der Waals surface area (Å²) >= 11 is 0. The Labute approximate surface area is 154 Å². The molecule has 0 bridgehead atoms. The fourth-order valence-electron chi connectivity index (χ4n) is 2.64. The zero-order chi connectivity index (χ0) is 19.4. The second-order valence-corrected chi connectivity index (χ2v) is 5.99. The summed E-state index contributed by atoms with van der Waals surface area (Å²) in [4.78, 5) is 39.4. The van der Waals surface area contributed by atoms with E-state index in [1.54, 1.807) is 18.2 Å². The molecular formula is C20H18FN3O3. The number of nitrogens with one attached hydrogen (secondary N) is 2. The average Bonchev–Trinajstić information content (AvgIpc) is 2.67. The molecule has 2 aromatic carbocycles. The van der Waals surface area contributed by atoms with Gasteiger partial charge in [-0.2, -0.15) is 0 Å². The SMILES string of the molecule is CCc1ccc(NC(=O)c2c[nH]c(=O)n(Cc3ccccc3F)c2=O)cc1. The zero-order valence-electron chi connectivity index (χ0n) is 14.7. The highest BCUT2D eigenvalue weighted by atomic mass is 19.1. The highest BCUT2D eigenvalue weighted by Gasteiger charge is 2.16. The molecule has 27 heavy (non-hydrogen) atoms. The molecule has 1 amide bonds. The van der Waals surface area contributed by atoms with Crippen LogP contribution in [0.5, 0.6) is 0 Å². The molecule has 1 aromatic heterocycles. The summed E-state index contributed by atoms with van der Waals surface area (Å²) in [6.45, 7) is 1.75. The number of nitrogens with zero attached hydrogens (tertiary/aromatic N) is 1. The van der Waals surface area contributed by atoms with Gasteiger partial charge in [0.05, 0.1) is 6.54 Å². The number of benzene rings is 2. The highest BCUT2D eigenvalue weighted by molar-refractivity contribution is 6.03. The van der Waals surface area contributed by atoms with Gasteiger partial charge in [0.15, 0.2) is 0 Å². The molecule has 138 valence electrons. The maximum absolute atomic E-state index is 13.8. The smallest absolute Gasteiger partial charge is 0.322 e. The first-order valence-corrected chi connectivity index (χ1v) is 8.46. The lowest BCUT2D eigenvalue weighted by atomic mass is 10.1. The molecule has 0 aliphatic rings. The summed E-state index contributed by atoms with van der Waals surface area (Å²) in [5.41, 5.74) is 0.0906. The van der Waals surface area contributed by atoms with E-state index in [4.69, 9.17) is 0 Å². The van der Waals surface area contributed by atoms with Gasteiger partial charge in [-0.15, -0.1) is 0 Å². The Morgan fingerprint density at radius 2 is 1.81 bits per heavy atom. The molecule has 0 fully saturated rings. The van der Waals surface area contributed by atoms with Crippen LogP contribution in [0.25, 0.3) is 0 Å². The predicted molar refractivity (Wildman–Crippen MR) is 101 cm³/mol. The minimum Gasteiger partial charge on any atom is -0.322 e. The molecule has 7 heteroatoms. The molecule has 0 unspecified atom stereocenters. The second kappa shape index (κ2) is 7.82. The summed E-state index contributed by atoms with van der Waals surface area (Å²) in [5, 5.41) is 2.62. The first-order valence-electron chi connectivity index (χ1n) is 8.46. The fraction of sp³-hybridized carbons (Fsp3) is 0.150. The van der Waals surface area contributed by atoms with Crippen LogP contribution in [-0.2, 0) is 13.0 Å². The third-order valence-electron chi connectivity index (χ3n) is 4.21. The van der Waals surface area contributed by atoms with Gasteiger partial charge in [-0.05, 0) is 30.2 Å². The van der Waals surface area contributed by atoms with Crippen molar-refractivity contribution in [1.29, 1.82) is 0 Å². The molecule has 0 spiro atoms. The Morgan fingerprint density at radius 3 is 2.48 bits per heavy atom. The van der Waals surface area contributed by atoms with Crippen LogP contribution in [0.1, 0.15) is 28.4 Å². The number of amides is 1. The number of aromatic amines is 1. The Morgan fingerprint density at radius 1 is 1.11 bits per heavy atom. The fourth-order valence-corrected chi connectivity index (χ4v) is 2.64. The number of hydrogen-bond acceptors (Lipinski definition) is 3. The molecular weight excluding hydrogens is 349 g/mol. The third-order valence-corrected chi connectivity index (χ3v) is 4.21. The Hall–Kier alpha value is -3.48. The van der Waals surface area contributed by atoms with Crippen molar-refractivity contribution < 1.29 is 9.18 Å². The van der Waals surface area contributed by atoms with Crippen LogP contribution in [0, 0.1) is 5.82 Å². The van der Waals surface area contributed by atoms with E-state index in [1.807, 2.05) is 19.1 Å². The molecule has 3 aromatic rings. The van der Waals surface area contributed by atoms with Crippen LogP contribution in [0.3, 0.4) is 0 Å². The van der Waals surface area contributed by atoms with Crippen LogP contribution >= 0.6 is 0 Å². The van der Waals surface area contributed by atoms with Crippen LogP contribution in [0.2, 0.25) is 0 Å². The number of H-pyrrole nitrogens is 1. The first-order chi connectivity index (χ1) is 13.0. The topological polar surface area (TPSA) is 84.0 Å². The molecule has 1 heterocycles. The summed E-state index contributed by atoms with van der Waals surface area (Å²) < 4.78 is 14.6. The highest BCUT2D eigenvalue weighted by Crippen LogP contribution is 2.11. The van der Waals surface area contributed by atoms with Gasteiger partial charge in [-0.25, -0.2) is 9.18 Å². The number of halogens is 1. The molecule has 2 N–H and O–H groups in total. The van der Waals surface area contributed by atoms with Gasteiger partial charge in [0, 0.05) is 17.4 Å². The summed E-state index contributed by atoms with van der Waals surface area (Å²) in [6.07, 6.45) is 1.94. The molecule has 0 saturated carbocycles. The largest absolute Gasteiger partial charge is 0.328 e. The molecule has 0 radical (unpaired) electrons. The molecule has 6 nitrogen and oxygen atoms in total. The van der Waals surface area contributed by atoms with Gasteiger partial charge in [-0.1, -0.05) is 37.3 Å². The van der Waals surface area contributed by atoms with E-state index in [2.05, 4.69) is 10.3 Å². The van der Waals surface area contributed by atoms with Crippen LogP contribution < -0.4 is 16.6 Å². The zero-order valence-corrected chi connectivity index (χ0v) is 14.7. The number of rotatable bonds is 5. The minimum absolute atomic E-state index is 0.179.